The average Bonchev–Trinajstić information content (AvgIpc) is 2.79. The van der Waals surface area contributed by atoms with Gasteiger partial charge in [-0.1, -0.05) is 12.1 Å². The molecule has 5 unspecified atom stereocenters. The van der Waals surface area contributed by atoms with Crippen LogP contribution >= 0.6 is 0 Å². The lowest BCUT2D eigenvalue weighted by Gasteiger charge is -2.56. The zero-order valence-electron chi connectivity index (χ0n) is 12.0. The molecule has 1 saturated heterocycles. The Morgan fingerprint density at radius 2 is 2.29 bits per heavy atom. The zero-order chi connectivity index (χ0) is 14.2. The van der Waals surface area contributed by atoms with E-state index in [4.69, 9.17) is 10.5 Å². The van der Waals surface area contributed by atoms with Gasteiger partial charge in [0.1, 0.15) is 11.9 Å². The summed E-state index contributed by atoms with van der Waals surface area (Å²) in [6.07, 6.45) is 4.91. The van der Waals surface area contributed by atoms with Crippen molar-refractivity contribution >= 4 is 5.91 Å². The number of nitrogens with one attached hydrogen (secondary N) is 1. The van der Waals surface area contributed by atoms with E-state index < -0.39 is 0 Å². The first-order chi connectivity index (χ1) is 10.2. The summed E-state index contributed by atoms with van der Waals surface area (Å²) in [6, 6.07) is 6.35. The van der Waals surface area contributed by atoms with Gasteiger partial charge in [-0.25, -0.2) is 0 Å². The van der Waals surface area contributed by atoms with Gasteiger partial charge in [-0.2, -0.15) is 0 Å². The van der Waals surface area contributed by atoms with Gasteiger partial charge in [0.2, 0.25) is 5.91 Å². The van der Waals surface area contributed by atoms with Gasteiger partial charge in [0.25, 0.3) is 0 Å². The molecule has 2 fully saturated rings. The van der Waals surface area contributed by atoms with E-state index in [2.05, 4.69) is 17.4 Å². The lowest BCUT2D eigenvalue weighted by atomic mass is 9.50. The summed E-state index contributed by atoms with van der Waals surface area (Å²) in [4.78, 5) is 12.2. The molecule has 1 saturated carbocycles. The maximum absolute atomic E-state index is 12.2. The van der Waals surface area contributed by atoms with Crippen molar-refractivity contribution in [1.29, 1.82) is 0 Å². The van der Waals surface area contributed by atoms with E-state index in [0.29, 0.717) is 12.0 Å². The molecule has 2 aliphatic carbocycles. The SMILES string of the molecule is NC(=O)C1c2cccc3c2C24CCNC1C2CCCC4O3. The van der Waals surface area contributed by atoms with E-state index in [-0.39, 0.29) is 23.3 Å². The highest BCUT2D eigenvalue weighted by Gasteiger charge is 2.64. The predicted octanol–water partition coefficient (Wildman–Crippen LogP) is 1.43. The Labute approximate surface area is 124 Å². The van der Waals surface area contributed by atoms with E-state index in [1.165, 1.54) is 18.4 Å². The number of benzene rings is 1. The van der Waals surface area contributed by atoms with Crippen LogP contribution in [0.3, 0.4) is 0 Å². The first-order valence-electron chi connectivity index (χ1n) is 8.06. The summed E-state index contributed by atoms with van der Waals surface area (Å²) in [6.45, 7) is 0.957. The molecule has 21 heavy (non-hydrogen) atoms. The van der Waals surface area contributed by atoms with Crippen molar-refractivity contribution in [2.24, 2.45) is 11.7 Å². The van der Waals surface area contributed by atoms with Crippen molar-refractivity contribution in [3.63, 3.8) is 0 Å². The minimum Gasteiger partial charge on any atom is -0.489 e. The predicted molar refractivity (Wildman–Crippen MR) is 78.2 cm³/mol. The van der Waals surface area contributed by atoms with Gasteiger partial charge in [0.05, 0.1) is 5.92 Å². The fourth-order valence-corrected chi connectivity index (χ4v) is 5.78. The van der Waals surface area contributed by atoms with Crippen LogP contribution in [-0.4, -0.2) is 24.6 Å². The largest absolute Gasteiger partial charge is 0.489 e. The minimum atomic E-state index is -0.209. The molecule has 4 aliphatic rings. The molecule has 1 spiro atoms. The number of rotatable bonds is 1. The number of primary amides is 1. The molecular weight excluding hydrogens is 264 g/mol. The van der Waals surface area contributed by atoms with Gasteiger partial charge in [-0.3, -0.25) is 4.79 Å². The standard InChI is InChI=1S/C17H20N2O2/c18-16(20)13-9-3-1-5-11-14(9)17-7-8-19-15(13)10(17)4-2-6-12(17)21-11/h1,3,5,10,12-13,15,19H,2,4,6-8H2,(H2,18,20). The summed E-state index contributed by atoms with van der Waals surface area (Å²) in [7, 11) is 0. The van der Waals surface area contributed by atoms with Crippen molar-refractivity contribution in [3.05, 3.63) is 29.3 Å². The second-order valence-electron chi connectivity index (χ2n) is 7.01. The molecule has 3 N–H and O–H groups in total. The number of ether oxygens (including phenoxy) is 1. The highest BCUT2D eigenvalue weighted by Crippen LogP contribution is 2.62. The van der Waals surface area contributed by atoms with Crippen LogP contribution in [0.4, 0.5) is 0 Å². The van der Waals surface area contributed by atoms with E-state index in [1.54, 1.807) is 0 Å². The fourth-order valence-electron chi connectivity index (χ4n) is 5.78. The summed E-state index contributed by atoms with van der Waals surface area (Å²) in [5.74, 6) is 1.08. The second kappa shape index (κ2) is 3.80. The highest BCUT2D eigenvalue weighted by molar-refractivity contribution is 5.85. The Kier molecular flexibility index (Phi) is 2.18. The summed E-state index contributed by atoms with van der Waals surface area (Å²) in [5, 5.41) is 3.60. The number of carbonyl (C=O) groups is 1. The van der Waals surface area contributed by atoms with Gasteiger partial charge in [0.15, 0.2) is 0 Å². The Bertz CT molecular complexity index is 644. The van der Waals surface area contributed by atoms with Gasteiger partial charge >= 0.3 is 0 Å². The number of nitrogens with two attached hydrogens (primary N) is 1. The van der Waals surface area contributed by atoms with E-state index >= 15 is 0 Å². The maximum Gasteiger partial charge on any atom is 0.226 e. The monoisotopic (exact) mass is 284 g/mol. The Balaban J connectivity index is 1.84. The van der Waals surface area contributed by atoms with E-state index in [0.717, 1.165) is 30.7 Å². The topological polar surface area (TPSA) is 64.4 Å². The lowest BCUT2D eigenvalue weighted by Crippen LogP contribution is -2.65. The molecular formula is C17H20N2O2. The lowest BCUT2D eigenvalue weighted by molar-refractivity contribution is -0.122. The normalized spacial score (nSPS) is 42.1. The number of amides is 1. The van der Waals surface area contributed by atoms with Crippen LogP contribution in [-0.2, 0) is 10.2 Å². The third kappa shape index (κ3) is 1.24. The van der Waals surface area contributed by atoms with Crippen molar-refractivity contribution < 1.29 is 9.53 Å². The molecule has 4 heteroatoms. The number of hydrogen-bond donors (Lipinski definition) is 2. The zero-order valence-corrected chi connectivity index (χ0v) is 12.0. The molecule has 2 bridgehead atoms. The van der Waals surface area contributed by atoms with Crippen molar-refractivity contribution in [3.8, 4) is 5.75 Å². The van der Waals surface area contributed by atoms with Crippen molar-refractivity contribution in [1.82, 2.24) is 5.32 Å². The fraction of sp³-hybridized carbons (Fsp3) is 0.588. The van der Waals surface area contributed by atoms with Gasteiger partial charge in [-0.05, 0) is 49.8 Å². The minimum absolute atomic E-state index is 0.131. The van der Waals surface area contributed by atoms with E-state index in [9.17, 15) is 4.79 Å². The molecule has 4 nitrogen and oxygen atoms in total. The van der Waals surface area contributed by atoms with Gasteiger partial charge in [0, 0.05) is 17.0 Å². The van der Waals surface area contributed by atoms with Crippen LogP contribution < -0.4 is 15.8 Å². The van der Waals surface area contributed by atoms with E-state index in [1.807, 2.05) is 6.07 Å². The number of hydrogen-bond acceptors (Lipinski definition) is 3. The second-order valence-corrected chi connectivity index (χ2v) is 7.01. The molecule has 1 aromatic rings. The molecule has 5 atom stereocenters. The molecule has 1 aromatic carbocycles. The van der Waals surface area contributed by atoms with Crippen LogP contribution in [0.25, 0.3) is 0 Å². The summed E-state index contributed by atoms with van der Waals surface area (Å²) < 4.78 is 6.33. The average molecular weight is 284 g/mol. The van der Waals surface area contributed by atoms with Crippen LogP contribution in [0.1, 0.15) is 42.7 Å². The molecule has 0 radical (unpaired) electrons. The quantitative estimate of drug-likeness (QED) is 0.820. The van der Waals surface area contributed by atoms with Crippen LogP contribution in [0, 0.1) is 5.92 Å². The third-order valence-corrected chi connectivity index (χ3v) is 6.36. The Morgan fingerprint density at radius 3 is 3.14 bits per heavy atom. The molecule has 2 aliphatic heterocycles. The number of piperidine rings is 1. The maximum atomic E-state index is 12.2. The van der Waals surface area contributed by atoms with Crippen molar-refractivity contribution in [2.45, 2.75) is 49.2 Å². The van der Waals surface area contributed by atoms with Gasteiger partial charge < -0.3 is 15.8 Å². The molecule has 110 valence electrons. The van der Waals surface area contributed by atoms with Crippen LogP contribution in [0.2, 0.25) is 0 Å². The third-order valence-electron chi connectivity index (χ3n) is 6.36. The smallest absolute Gasteiger partial charge is 0.226 e. The van der Waals surface area contributed by atoms with Crippen molar-refractivity contribution in [2.75, 3.05) is 6.54 Å². The van der Waals surface area contributed by atoms with Crippen LogP contribution in [0.5, 0.6) is 5.75 Å². The Hall–Kier alpha value is -1.55. The molecule has 1 amide bonds. The van der Waals surface area contributed by atoms with Crippen LogP contribution in [0.15, 0.2) is 18.2 Å². The van der Waals surface area contributed by atoms with Gasteiger partial charge in [-0.15, -0.1) is 0 Å². The number of carbonyl (C=O) groups excluding carboxylic acids is 1. The first-order valence-corrected chi connectivity index (χ1v) is 8.06. The highest BCUT2D eigenvalue weighted by atomic mass is 16.5. The Morgan fingerprint density at radius 1 is 1.38 bits per heavy atom. The molecule has 0 aromatic heterocycles. The molecule has 2 heterocycles. The summed E-state index contributed by atoms with van der Waals surface area (Å²) >= 11 is 0. The first kappa shape index (κ1) is 12.0. The summed E-state index contributed by atoms with van der Waals surface area (Å²) in [5.41, 5.74) is 8.36. The molecule has 5 rings (SSSR count).